The number of carbonyl (C=O) groups excluding carboxylic acids is 1. The maximum absolute atomic E-state index is 12.8. The van der Waals surface area contributed by atoms with Crippen molar-refractivity contribution in [2.45, 2.75) is 30.7 Å². The van der Waals surface area contributed by atoms with E-state index in [1.165, 1.54) is 36.7 Å². The average Bonchev–Trinajstić information content (AvgIpc) is 2.92. The first-order valence-electron chi connectivity index (χ1n) is 7.08. The predicted octanol–water partition coefficient (Wildman–Crippen LogP) is 2.52. The summed E-state index contributed by atoms with van der Waals surface area (Å²) in [4.78, 5) is 15.1. The van der Waals surface area contributed by atoms with Crippen LogP contribution in [0, 0.1) is 5.82 Å². The van der Waals surface area contributed by atoms with Crippen LogP contribution in [0.1, 0.15) is 19.8 Å². The van der Waals surface area contributed by atoms with Gasteiger partial charge in [-0.1, -0.05) is 6.92 Å². The molecule has 1 fully saturated rings. The van der Waals surface area contributed by atoms with Crippen LogP contribution in [-0.2, 0) is 4.79 Å². The maximum atomic E-state index is 12.8. The van der Waals surface area contributed by atoms with Gasteiger partial charge in [-0.15, -0.1) is 11.8 Å². The van der Waals surface area contributed by atoms with Gasteiger partial charge in [0.25, 0.3) is 0 Å². The number of carbonyl (C=O) groups is 1. The van der Waals surface area contributed by atoms with Crippen molar-refractivity contribution >= 4 is 17.7 Å². The lowest BCUT2D eigenvalue weighted by atomic mass is 10.2. The van der Waals surface area contributed by atoms with Crippen LogP contribution < -0.4 is 5.32 Å². The first-order chi connectivity index (χ1) is 9.69. The molecule has 1 atom stereocenters. The molecule has 1 saturated heterocycles. The van der Waals surface area contributed by atoms with Crippen LogP contribution >= 0.6 is 11.8 Å². The molecule has 0 bridgehead atoms. The lowest BCUT2D eigenvalue weighted by molar-refractivity contribution is -0.118. The second-order valence-corrected chi connectivity index (χ2v) is 6.02. The molecule has 1 heterocycles. The molecule has 2 rings (SSSR count). The van der Waals surface area contributed by atoms with Gasteiger partial charge >= 0.3 is 0 Å². The third kappa shape index (κ3) is 4.49. The highest BCUT2D eigenvalue weighted by molar-refractivity contribution is 8.00. The van der Waals surface area contributed by atoms with Crippen molar-refractivity contribution in [1.82, 2.24) is 10.2 Å². The molecule has 1 N–H and O–H groups in total. The summed E-state index contributed by atoms with van der Waals surface area (Å²) in [5.41, 5.74) is 0. The van der Waals surface area contributed by atoms with Gasteiger partial charge in [-0.25, -0.2) is 4.39 Å². The van der Waals surface area contributed by atoms with Gasteiger partial charge in [-0.3, -0.25) is 9.69 Å². The first-order valence-corrected chi connectivity index (χ1v) is 8.06. The predicted molar refractivity (Wildman–Crippen MR) is 80.4 cm³/mol. The zero-order valence-corrected chi connectivity index (χ0v) is 12.6. The summed E-state index contributed by atoms with van der Waals surface area (Å²) in [5.74, 6) is 0.173. The van der Waals surface area contributed by atoms with Gasteiger partial charge in [0.05, 0.1) is 5.75 Å². The van der Waals surface area contributed by atoms with Crippen LogP contribution in [0.2, 0.25) is 0 Å². The lowest BCUT2D eigenvalue weighted by Crippen LogP contribution is -2.40. The van der Waals surface area contributed by atoms with Gasteiger partial charge in [0.2, 0.25) is 5.91 Å². The molecule has 1 amide bonds. The molecule has 20 heavy (non-hydrogen) atoms. The normalized spacial score (nSPS) is 19.2. The fourth-order valence-electron chi connectivity index (χ4n) is 2.51. The van der Waals surface area contributed by atoms with Gasteiger partial charge < -0.3 is 5.32 Å². The Hall–Kier alpha value is -1.07. The smallest absolute Gasteiger partial charge is 0.230 e. The van der Waals surface area contributed by atoms with Crippen LogP contribution in [0.4, 0.5) is 4.39 Å². The van der Waals surface area contributed by atoms with E-state index in [1.54, 1.807) is 12.1 Å². The molecule has 1 aromatic carbocycles. The SMILES string of the molecule is CCN1CCCC1CNC(=O)CSc1ccc(F)cc1. The summed E-state index contributed by atoms with van der Waals surface area (Å²) in [6, 6.07) is 6.71. The molecule has 1 aliphatic rings. The van der Waals surface area contributed by atoms with E-state index in [2.05, 4.69) is 17.1 Å². The van der Waals surface area contributed by atoms with Gasteiger partial charge in [0.15, 0.2) is 0 Å². The number of likely N-dealkylation sites (N-methyl/N-ethyl adjacent to an activating group) is 1. The van der Waals surface area contributed by atoms with Crippen molar-refractivity contribution in [1.29, 1.82) is 0 Å². The van der Waals surface area contributed by atoms with E-state index < -0.39 is 0 Å². The van der Waals surface area contributed by atoms with Crippen molar-refractivity contribution in [3.8, 4) is 0 Å². The minimum Gasteiger partial charge on any atom is -0.354 e. The number of hydrogen-bond donors (Lipinski definition) is 1. The second kappa shape index (κ2) is 7.64. The topological polar surface area (TPSA) is 32.3 Å². The summed E-state index contributed by atoms with van der Waals surface area (Å²) in [7, 11) is 0. The Morgan fingerprint density at radius 1 is 1.45 bits per heavy atom. The number of thioether (sulfide) groups is 1. The molecule has 1 unspecified atom stereocenters. The Balaban J connectivity index is 1.69. The van der Waals surface area contributed by atoms with Gasteiger partial charge in [0, 0.05) is 17.5 Å². The molecule has 110 valence electrons. The number of nitrogens with zero attached hydrogens (tertiary/aromatic N) is 1. The maximum Gasteiger partial charge on any atom is 0.230 e. The highest BCUT2D eigenvalue weighted by Crippen LogP contribution is 2.18. The minimum atomic E-state index is -0.250. The molecule has 1 aromatic rings. The summed E-state index contributed by atoms with van der Waals surface area (Å²) >= 11 is 1.43. The van der Waals surface area contributed by atoms with Crippen molar-refractivity contribution in [3.05, 3.63) is 30.1 Å². The number of likely N-dealkylation sites (tertiary alicyclic amines) is 1. The fraction of sp³-hybridized carbons (Fsp3) is 0.533. The zero-order valence-electron chi connectivity index (χ0n) is 11.8. The van der Waals surface area contributed by atoms with E-state index in [1.807, 2.05) is 0 Å². The third-order valence-electron chi connectivity index (χ3n) is 3.62. The Morgan fingerprint density at radius 3 is 2.90 bits per heavy atom. The quantitative estimate of drug-likeness (QED) is 0.819. The van der Waals surface area contributed by atoms with Crippen molar-refractivity contribution in [3.63, 3.8) is 0 Å². The summed E-state index contributed by atoms with van der Waals surface area (Å²) in [6.07, 6.45) is 2.39. The highest BCUT2D eigenvalue weighted by Gasteiger charge is 2.22. The molecule has 0 aliphatic carbocycles. The average molecular weight is 296 g/mol. The Kier molecular flexibility index (Phi) is 5.86. The number of amides is 1. The van der Waals surface area contributed by atoms with Crippen LogP contribution in [-0.4, -0.2) is 42.2 Å². The first kappa shape index (κ1) is 15.3. The second-order valence-electron chi connectivity index (χ2n) is 4.97. The van der Waals surface area contributed by atoms with E-state index in [-0.39, 0.29) is 11.7 Å². The standard InChI is InChI=1S/C15H21FN2OS/c1-2-18-9-3-4-13(18)10-17-15(19)11-20-14-7-5-12(16)6-8-14/h5-8,13H,2-4,9-11H2,1H3,(H,17,19). The molecule has 3 nitrogen and oxygen atoms in total. The lowest BCUT2D eigenvalue weighted by Gasteiger charge is -2.22. The molecule has 5 heteroatoms. The van der Waals surface area contributed by atoms with Gasteiger partial charge in [-0.2, -0.15) is 0 Å². The van der Waals surface area contributed by atoms with E-state index in [0.29, 0.717) is 11.8 Å². The number of hydrogen-bond acceptors (Lipinski definition) is 3. The van der Waals surface area contributed by atoms with Crippen molar-refractivity contribution in [2.24, 2.45) is 0 Å². The number of halogens is 1. The van der Waals surface area contributed by atoms with E-state index >= 15 is 0 Å². The number of rotatable bonds is 6. The Bertz CT molecular complexity index is 438. The largest absolute Gasteiger partial charge is 0.354 e. The Labute approximate surface area is 123 Å². The molecule has 0 radical (unpaired) electrons. The summed E-state index contributed by atoms with van der Waals surface area (Å²) in [5, 5.41) is 3.00. The Morgan fingerprint density at radius 2 is 2.20 bits per heavy atom. The van der Waals surface area contributed by atoms with Gasteiger partial charge in [-0.05, 0) is 50.2 Å². The number of benzene rings is 1. The molecule has 0 spiro atoms. The van der Waals surface area contributed by atoms with Gasteiger partial charge in [0.1, 0.15) is 5.82 Å². The van der Waals surface area contributed by atoms with Crippen LogP contribution in [0.25, 0.3) is 0 Å². The third-order valence-corrected chi connectivity index (χ3v) is 4.64. The molecular weight excluding hydrogens is 275 g/mol. The zero-order chi connectivity index (χ0) is 14.4. The molecular formula is C15H21FN2OS. The molecule has 0 aromatic heterocycles. The van der Waals surface area contributed by atoms with E-state index in [0.717, 1.165) is 24.5 Å². The van der Waals surface area contributed by atoms with E-state index in [9.17, 15) is 9.18 Å². The summed E-state index contributed by atoms with van der Waals surface area (Å²) in [6.45, 7) is 5.08. The summed E-state index contributed by atoms with van der Waals surface area (Å²) < 4.78 is 12.8. The van der Waals surface area contributed by atoms with Crippen molar-refractivity contribution < 1.29 is 9.18 Å². The highest BCUT2D eigenvalue weighted by atomic mass is 32.2. The van der Waals surface area contributed by atoms with Crippen molar-refractivity contribution in [2.75, 3.05) is 25.4 Å². The van der Waals surface area contributed by atoms with Crippen LogP contribution in [0.3, 0.4) is 0 Å². The minimum absolute atomic E-state index is 0.0438. The molecule has 1 aliphatic heterocycles. The number of nitrogens with one attached hydrogen (secondary N) is 1. The molecule has 0 saturated carbocycles. The van der Waals surface area contributed by atoms with E-state index in [4.69, 9.17) is 0 Å². The van der Waals surface area contributed by atoms with Crippen LogP contribution in [0.5, 0.6) is 0 Å². The fourth-order valence-corrected chi connectivity index (χ4v) is 3.23. The van der Waals surface area contributed by atoms with Crippen LogP contribution in [0.15, 0.2) is 29.2 Å². The monoisotopic (exact) mass is 296 g/mol.